The van der Waals surface area contributed by atoms with Crippen LogP contribution in [0.5, 0.6) is 0 Å². The van der Waals surface area contributed by atoms with Crippen molar-refractivity contribution < 1.29 is 15.0 Å². The van der Waals surface area contributed by atoms with Crippen LogP contribution in [0.3, 0.4) is 0 Å². The smallest absolute Gasteiger partial charge is 0.306 e. The number of hydrogen-bond donors (Lipinski definition) is 3. The average molecular weight is 265 g/mol. The number of rotatable bonds is 8. The molecule has 3 N–H and O–H groups in total. The lowest BCUT2D eigenvalue weighted by molar-refractivity contribution is -0.139. The van der Waals surface area contributed by atoms with Gasteiger partial charge >= 0.3 is 5.97 Å². The second-order valence-corrected chi connectivity index (χ2v) is 4.94. The maximum Gasteiger partial charge on any atom is 0.306 e. The Balaban J connectivity index is 2.61. The van der Waals surface area contributed by atoms with Gasteiger partial charge in [-0.05, 0) is 11.5 Å². The highest BCUT2D eigenvalue weighted by Gasteiger charge is 2.25. The molecule has 0 amide bonds. The van der Waals surface area contributed by atoms with E-state index < -0.39 is 12.1 Å². The topological polar surface area (TPSA) is 69.6 Å². The summed E-state index contributed by atoms with van der Waals surface area (Å²) in [6, 6.07) is 9.68. The molecule has 4 heteroatoms. The van der Waals surface area contributed by atoms with Crippen LogP contribution in [-0.2, 0) is 11.3 Å². The molecule has 0 radical (unpaired) electrons. The van der Waals surface area contributed by atoms with Gasteiger partial charge in [-0.25, -0.2) is 0 Å². The Labute approximate surface area is 114 Å². The van der Waals surface area contributed by atoms with Crippen molar-refractivity contribution in [3.63, 3.8) is 0 Å². The molecule has 106 valence electrons. The van der Waals surface area contributed by atoms with Crippen LogP contribution in [0.4, 0.5) is 0 Å². The Bertz CT molecular complexity index is 380. The molecule has 1 rings (SSSR count). The van der Waals surface area contributed by atoms with E-state index in [0.717, 1.165) is 12.0 Å². The van der Waals surface area contributed by atoms with Gasteiger partial charge in [-0.1, -0.05) is 50.6 Å². The molecule has 19 heavy (non-hydrogen) atoms. The molecule has 0 bridgehead atoms. The van der Waals surface area contributed by atoms with Crippen molar-refractivity contribution in [1.29, 1.82) is 0 Å². The molecule has 3 atom stereocenters. The van der Waals surface area contributed by atoms with Crippen LogP contribution in [-0.4, -0.2) is 28.3 Å². The van der Waals surface area contributed by atoms with Gasteiger partial charge in [-0.15, -0.1) is 0 Å². The summed E-state index contributed by atoms with van der Waals surface area (Å²) in [4.78, 5) is 10.7. The first-order valence-electron chi connectivity index (χ1n) is 6.71. The third-order valence-electron chi connectivity index (χ3n) is 3.44. The van der Waals surface area contributed by atoms with Crippen LogP contribution in [0, 0.1) is 5.92 Å². The zero-order valence-corrected chi connectivity index (χ0v) is 11.5. The van der Waals surface area contributed by atoms with E-state index in [-0.39, 0.29) is 18.4 Å². The molecule has 1 aromatic rings. The Morgan fingerprint density at radius 3 is 2.47 bits per heavy atom. The molecule has 0 fully saturated rings. The van der Waals surface area contributed by atoms with Crippen molar-refractivity contribution in [1.82, 2.24) is 5.32 Å². The Kier molecular flexibility index (Phi) is 6.53. The van der Waals surface area contributed by atoms with E-state index in [9.17, 15) is 9.90 Å². The van der Waals surface area contributed by atoms with Crippen molar-refractivity contribution in [2.75, 3.05) is 0 Å². The molecule has 0 aliphatic heterocycles. The lowest BCUT2D eigenvalue weighted by Crippen LogP contribution is -2.45. The minimum atomic E-state index is -0.970. The van der Waals surface area contributed by atoms with Crippen molar-refractivity contribution in [2.24, 2.45) is 5.92 Å². The van der Waals surface area contributed by atoms with Gasteiger partial charge < -0.3 is 15.5 Å². The van der Waals surface area contributed by atoms with Gasteiger partial charge in [0, 0.05) is 12.6 Å². The first kappa shape index (κ1) is 15.7. The number of aliphatic carboxylic acids is 1. The minimum Gasteiger partial charge on any atom is -0.481 e. The van der Waals surface area contributed by atoms with E-state index >= 15 is 0 Å². The van der Waals surface area contributed by atoms with Gasteiger partial charge in [-0.2, -0.15) is 0 Å². The number of nitrogens with one attached hydrogen (secondary N) is 1. The first-order chi connectivity index (χ1) is 9.04. The molecule has 1 aromatic carbocycles. The number of carbonyl (C=O) groups is 1. The Morgan fingerprint density at radius 2 is 1.95 bits per heavy atom. The Hall–Kier alpha value is -1.39. The second kappa shape index (κ2) is 7.92. The van der Waals surface area contributed by atoms with Crippen LogP contribution in [0.15, 0.2) is 30.3 Å². The van der Waals surface area contributed by atoms with Crippen molar-refractivity contribution in [2.45, 2.75) is 45.4 Å². The van der Waals surface area contributed by atoms with Gasteiger partial charge in [0.25, 0.3) is 0 Å². The van der Waals surface area contributed by atoms with Crippen molar-refractivity contribution in [3.05, 3.63) is 35.9 Å². The molecule has 0 aromatic heterocycles. The normalized spacial score (nSPS) is 15.7. The summed E-state index contributed by atoms with van der Waals surface area (Å²) in [6.45, 7) is 4.69. The third-order valence-corrected chi connectivity index (χ3v) is 3.44. The average Bonchev–Trinajstić information content (AvgIpc) is 2.39. The number of carboxylic acids is 1. The minimum absolute atomic E-state index is 0.207. The molecule has 0 heterocycles. The Morgan fingerprint density at radius 1 is 1.32 bits per heavy atom. The maximum atomic E-state index is 10.7. The monoisotopic (exact) mass is 265 g/mol. The van der Waals surface area contributed by atoms with E-state index in [4.69, 9.17) is 5.11 Å². The maximum absolute atomic E-state index is 10.7. The summed E-state index contributed by atoms with van der Waals surface area (Å²) in [5.74, 6) is -0.750. The number of benzene rings is 1. The van der Waals surface area contributed by atoms with E-state index in [2.05, 4.69) is 5.32 Å². The summed E-state index contributed by atoms with van der Waals surface area (Å²) >= 11 is 0. The largest absolute Gasteiger partial charge is 0.481 e. The quantitative estimate of drug-likeness (QED) is 0.672. The van der Waals surface area contributed by atoms with Gasteiger partial charge in [0.2, 0.25) is 0 Å². The fraction of sp³-hybridized carbons (Fsp3) is 0.533. The third kappa shape index (κ3) is 5.41. The van der Waals surface area contributed by atoms with E-state index in [0.29, 0.717) is 6.54 Å². The van der Waals surface area contributed by atoms with E-state index in [1.54, 1.807) is 0 Å². The van der Waals surface area contributed by atoms with Gasteiger partial charge in [0.1, 0.15) is 0 Å². The molecular formula is C15H23NO3. The van der Waals surface area contributed by atoms with Gasteiger partial charge in [0.05, 0.1) is 12.5 Å². The van der Waals surface area contributed by atoms with E-state index in [1.165, 1.54) is 0 Å². The summed E-state index contributed by atoms with van der Waals surface area (Å²) in [7, 11) is 0. The van der Waals surface area contributed by atoms with E-state index in [1.807, 2.05) is 44.2 Å². The highest BCUT2D eigenvalue weighted by atomic mass is 16.4. The highest BCUT2D eigenvalue weighted by Crippen LogP contribution is 2.14. The predicted molar refractivity (Wildman–Crippen MR) is 74.8 cm³/mol. The van der Waals surface area contributed by atoms with Crippen LogP contribution >= 0.6 is 0 Å². The molecule has 0 saturated carbocycles. The zero-order valence-electron chi connectivity index (χ0n) is 11.5. The predicted octanol–water partition coefficient (Wildman–Crippen LogP) is 2.03. The molecule has 0 unspecified atom stereocenters. The summed E-state index contributed by atoms with van der Waals surface area (Å²) in [5.41, 5.74) is 1.12. The fourth-order valence-electron chi connectivity index (χ4n) is 2.11. The summed E-state index contributed by atoms with van der Waals surface area (Å²) in [6.07, 6.45) is -0.198. The van der Waals surface area contributed by atoms with Crippen LogP contribution < -0.4 is 5.32 Å². The second-order valence-electron chi connectivity index (χ2n) is 4.94. The number of carboxylic acid groups (broad SMARTS) is 1. The lowest BCUT2D eigenvalue weighted by atomic mass is 9.92. The van der Waals surface area contributed by atoms with Crippen molar-refractivity contribution >= 4 is 5.97 Å². The molecular weight excluding hydrogens is 242 g/mol. The standard InChI is InChI=1S/C15H23NO3/c1-3-11(2)15(13(17)9-14(18)19)16-10-12-7-5-4-6-8-12/h4-8,11,13,15-17H,3,9-10H2,1-2H3,(H,18,19)/t11-,13+,15-/m0/s1. The number of aliphatic hydroxyl groups is 1. The molecule has 0 spiro atoms. The van der Waals surface area contributed by atoms with Gasteiger partial charge in [0.15, 0.2) is 0 Å². The number of hydrogen-bond acceptors (Lipinski definition) is 3. The van der Waals surface area contributed by atoms with Crippen molar-refractivity contribution in [3.8, 4) is 0 Å². The van der Waals surface area contributed by atoms with Crippen LogP contribution in [0.2, 0.25) is 0 Å². The number of aliphatic hydroxyl groups excluding tert-OH is 1. The SMILES string of the molecule is CC[C@H](C)[C@H](NCc1ccccc1)[C@H](O)CC(=O)O. The van der Waals surface area contributed by atoms with Crippen LogP contribution in [0.1, 0.15) is 32.3 Å². The lowest BCUT2D eigenvalue weighted by Gasteiger charge is -2.28. The summed E-state index contributed by atoms with van der Waals surface area (Å²) in [5, 5.41) is 22.1. The van der Waals surface area contributed by atoms with Gasteiger partial charge in [-0.3, -0.25) is 4.79 Å². The van der Waals surface area contributed by atoms with Crippen LogP contribution in [0.25, 0.3) is 0 Å². The fourth-order valence-corrected chi connectivity index (χ4v) is 2.11. The molecule has 0 saturated heterocycles. The molecule has 4 nitrogen and oxygen atoms in total. The highest BCUT2D eigenvalue weighted by molar-refractivity contribution is 5.67. The zero-order chi connectivity index (χ0) is 14.3. The molecule has 0 aliphatic carbocycles. The summed E-state index contributed by atoms with van der Waals surface area (Å²) < 4.78 is 0. The first-order valence-corrected chi connectivity index (χ1v) is 6.71. The molecule has 0 aliphatic rings.